The van der Waals surface area contributed by atoms with Gasteiger partial charge in [-0.25, -0.2) is 9.50 Å². The number of hydrogen-bond donors (Lipinski definition) is 0. The van der Waals surface area contributed by atoms with E-state index < -0.39 is 0 Å². The average molecular weight is 385 g/mol. The number of nitrogens with zero attached hydrogens (tertiary/aromatic N) is 5. The molecule has 0 N–H and O–H groups in total. The van der Waals surface area contributed by atoms with Crippen molar-refractivity contribution in [1.82, 2.24) is 19.6 Å². The lowest BCUT2D eigenvalue weighted by Gasteiger charge is -2.22. The second kappa shape index (κ2) is 7.47. The minimum Gasteiger partial charge on any atom is -0.301 e. The Morgan fingerprint density at radius 2 is 1.69 bits per heavy atom. The van der Waals surface area contributed by atoms with Gasteiger partial charge in [-0.15, -0.1) is 5.10 Å². The highest BCUT2D eigenvalue weighted by molar-refractivity contribution is 6.06. The number of aryl methyl sites for hydroxylation is 4. The quantitative estimate of drug-likeness (QED) is 0.528. The van der Waals surface area contributed by atoms with Gasteiger partial charge in [0.2, 0.25) is 0 Å². The number of benzene rings is 2. The van der Waals surface area contributed by atoms with Crippen LogP contribution in [0.3, 0.4) is 0 Å². The van der Waals surface area contributed by atoms with E-state index in [0.29, 0.717) is 17.2 Å². The number of carbonyl (C=O) groups is 1. The zero-order valence-electron chi connectivity index (χ0n) is 17.0. The highest BCUT2D eigenvalue weighted by Gasteiger charge is 2.21. The Morgan fingerprint density at radius 3 is 2.41 bits per heavy atom. The highest BCUT2D eigenvalue weighted by Crippen LogP contribution is 2.21. The van der Waals surface area contributed by atoms with Crippen molar-refractivity contribution in [1.29, 1.82) is 0 Å². The molecule has 0 aliphatic carbocycles. The molecule has 29 heavy (non-hydrogen) atoms. The minimum absolute atomic E-state index is 0.0877. The topological polar surface area (TPSA) is 63.4 Å². The third-order valence-electron chi connectivity index (χ3n) is 4.82. The van der Waals surface area contributed by atoms with Gasteiger partial charge in [-0.2, -0.15) is 4.98 Å². The van der Waals surface area contributed by atoms with Crippen molar-refractivity contribution in [2.75, 3.05) is 4.90 Å². The molecular formula is C23H23N5O. The third kappa shape index (κ3) is 3.87. The van der Waals surface area contributed by atoms with Gasteiger partial charge in [0, 0.05) is 22.6 Å². The number of aromatic nitrogens is 4. The van der Waals surface area contributed by atoms with Gasteiger partial charge >= 0.3 is 0 Å². The molecule has 0 radical (unpaired) electrons. The second-order valence-corrected chi connectivity index (χ2v) is 7.38. The smallest absolute Gasteiger partial charge is 0.258 e. The molecule has 6 nitrogen and oxygen atoms in total. The SMILES string of the molecule is Cc1ccc(C(=O)N(Cc2nc3nc(C)cc(C)n3n2)c2cccc(C)c2)cc1. The molecule has 0 fully saturated rings. The molecule has 0 atom stereocenters. The molecule has 0 aliphatic heterocycles. The molecule has 0 saturated heterocycles. The first-order valence-electron chi connectivity index (χ1n) is 9.56. The summed E-state index contributed by atoms with van der Waals surface area (Å²) in [5.41, 5.74) is 5.49. The maximum absolute atomic E-state index is 13.4. The number of hydrogen-bond acceptors (Lipinski definition) is 4. The van der Waals surface area contributed by atoms with E-state index in [-0.39, 0.29) is 12.5 Å². The Bertz CT molecular complexity index is 1190. The van der Waals surface area contributed by atoms with E-state index in [9.17, 15) is 4.79 Å². The summed E-state index contributed by atoms with van der Waals surface area (Å²) in [7, 11) is 0. The Balaban J connectivity index is 1.75. The third-order valence-corrected chi connectivity index (χ3v) is 4.82. The van der Waals surface area contributed by atoms with Gasteiger partial charge in [0.25, 0.3) is 11.7 Å². The largest absolute Gasteiger partial charge is 0.301 e. The number of rotatable bonds is 4. The molecule has 0 spiro atoms. The molecule has 0 bridgehead atoms. The molecular weight excluding hydrogens is 362 g/mol. The van der Waals surface area contributed by atoms with Gasteiger partial charge < -0.3 is 4.90 Å². The fourth-order valence-corrected chi connectivity index (χ4v) is 3.34. The monoisotopic (exact) mass is 385 g/mol. The van der Waals surface area contributed by atoms with E-state index in [1.165, 1.54) is 0 Å². The molecule has 2 aromatic carbocycles. The van der Waals surface area contributed by atoms with Crippen LogP contribution in [0.2, 0.25) is 0 Å². The average Bonchev–Trinajstić information content (AvgIpc) is 3.09. The normalized spacial score (nSPS) is 11.0. The van der Waals surface area contributed by atoms with Gasteiger partial charge in [-0.3, -0.25) is 4.79 Å². The second-order valence-electron chi connectivity index (χ2n) is 7.38. The molecule has 6 heteroatoms. The number of fused-ring (bicyclic) bond motifs is 1. The Hall–Kier alpha value is -3.54. The fraction of sp³-hybridized carbons (Fsp3) is 0.217. The van der Waals surface area contributed by atoms with E-state index in [0.717, 1.165) is 28.2 Å². The maximum Gasteiger partial charge on any atom is 0.258 e. The first-order chi connectivity index (χ1) is 13.9. The van der Waals surface area contributed by atoms with Gasteiger partial charge in [-0.1, -0.05) is 29.8 Å². The van der Waals surface area contributed by atoms with Crippen molar-refractivity contribution in [2.24, 2.45) is 0 Å². The van der Waals surface area contributed by atoms with Gasteiger partial charge in [-0.05, 0) is 63.6 Å². The van der Waals surface area contributed by atoms with Gasteiger partial charge in [0.15, 0.2) is 5.82 Å². The molecule has 0 saturated carbocycles. The van der Waals surface area contributed by atoms with E-state index in [1.807, 2.05) is 82.3 Å². The first kappa shape index (κ1) is 18.8. The van der Waals surface area contributed by atoms with Crippen LogP contribution in [0.25, 0.3) is 5.78 Å². The Morgan fingerprint density at radius 1 is 0.931 bits per heavy atom. The van der Waals surface area contributed by atoms with Crippen LogP contribution in [-0.2, 0) is 6.54 Å². The number of anilines is 1. The summed E-state index contributed by atoms with van der Waals surface area (Å²) in [6, 6.07) is 17.4. The summed E-state index contributed by atoms with van der Waals surface area (Å²) >= 11 is 0. The lowest BCUT2D eigenvalue weighted by molar-refractivity contribution is 0.0984. The summed E-state index contributed by atoms with van der Waals surface area (Å²) in [6.07, 6.45) is 0. The van der Waals surface area contributed by atoms with Crippen LogP contribution in [-0.4, -0.2) is 25.5 Å². The lowest BCUT2D eigenvalue weighted by Crippen LogP contribution is -2.31. The standard InChI is InChI=1S/C23H23N5O/c1-15-8-10-19(11-9-15)22(29)27(20-7-5-6-16(2)12-20)14-21-25-23-24-17(3)13-18(4)28(23)26-21/h5-13H,14H2,1-4H3. The fourth-order valence-electron chi connectivity index (χ4n) is 3.34. The predicted molar refractivity (Wildman–Crippen MR) is 113 cm³/mol. The van der Waals surface area contributed by atoms with Crippen molar-refractivity contribution in [3.8, 4) is 0 Å². The zero-order valence-corrected chi connectivity index (χ0v) is 17.0. The molecule has 2 heterocycles. The molecule has 4 aromatic rings. The number of amides is 1. The van der Waals surface area contributed by atoms with Crippen LogP contribution in [0.4, 0.5) is 5.69 Å². The Kier molecular flexibility index (Phi) is 4.84. The summed E-state index contributed by atoms with van der Waals surface area (Å²) in [5, 5.41) is 4.58. The highest BCUT2D eigenvalue weighted by atomic mass is 16.2. The molecule has 1 amide bonds. The minimum atomic E-state index is -0.0877. The van der Waals surface area contributed by atoms with Crippen LogP contribution in [0.1, 0.15) is 38.7 Å². The van der Waals surface area contributed by atoms with Crippen molar-refractivity contribution >= 4 is 17.4 Å². The lowest BCUT2D eigenvalue weighted by atomic mass is 10.1. The summed E-state index contributed by atoms with van der Waals surface area (Å²) in [5.74, 6) is 1.01. The van der Waals surface area contributed by atoms with Crippen LogP contribution >= 0.6 is 0 Å². The maximum atomic E-state index is 13.4. The van der Waals surface area contributed by atoms with Crippen LogP contribution in [0.5, 0.6) is 0 Å². The zero-order chi connectivity index (χ0) is 20.5. The van der Waals surface area contributed by atoms with E-state index in [2.05, 4.69) is 15.1 Å². The molecule has 0 unspecified atom stereocenters. The van der Waals surface area contributed by atoms with Crippen LogP contribution in [0.15, 0.2) is 54.6 Å². The van der Waals surface area contributed by atoms with E-state index in [4.69, 9.17) is 0 Å². The molecule has 0 aliphatic rings. The Labute approximate surface area is 169 Å². The van der Waals surface area contributed by atoms with Crippen molar-refractivity contribution < 1.29 is 4.79 Å². The molecule has 2 aromatic heterocycles. The van der Waals surface area contributed by atoms with Crippen molar-refractivity contribution in [3.05, 3.63) is 88.5 Å². The van der Waals surface area contributed by atoms with Crippen LogP contribution in [0, 0.1) is 27.7 Å². The molecule has 4 rings (SSSR count). The van der Waals surface area contributed by atoms with Gasteiger partial charge in [0.1, 0.15) is 0 Å². The van der Waals surface area contributed by atoms with Crippen LogP contribution < -0.4 is 4.90 Å². The first-order valence-corrected chi connectivity index (χ1v) is 9.56. The van der Waals surface area contributed by atoms with Gasteiger partial charge in [0.05, 0.1) is 6.54 Å². The summed E-state index contributed by atoms with van der Waals surface area (Å²) in [4.78, 5) is 24.1. The number of carbonyl (C=O) groups excluding carboxylic acids is 1. The predicted octanol–water partition coefficient (Wildman–Crippen LogP) is 4.20. The van der Waals surface area contributed by atoms with E-state index >= 15 is 0 Å². The summed E-state index contributed by atoms with van der Waals surface area (Å²) < 4.78 is 1.72. The molecule has 146 valence electrons. The van der Waals surface area contributed by atoms with Crippen molar-refractivity contribution in [3.63, 3.8) is 0 Å². The summed E-state index contributed by atoms with van der Waals surface area (Å²) in [6.45, 7) is 8.18. The van der Waals surface area contributed by atoms with E-state index in [1.54, 1.807) is 9.42 Å². The van der Waals surface area contributed by atoms with Crippen molar-refractivity contribution in [2.45, 2.75) is 34.2 Å².